The van der Waals surface area contributed by atoms with E-state index in [1.54, 1.807) is 24.8 Å². The third-order valence-electron chi connectivity index (χ3n) is 3.35. The quantitative estimate of drug-likeness (QED) is 0.886. The largest absolute Gasteiger partial charge is 0.479 e. The number of hydrogen-bond acceptors (Lipinski definition) is 3. The first-order valence-electron chi connectivity index (χ1n) is 5.84. The summed E-state index contributed by atoms with van der Waals surface area (Å²) in [5.74, 6) is -0.423. The molecule has 0 aliphatic carbocycles. The zero-order chi connectivity index (χ0) is 13.3. The summed E-state index contributed by atoms with van der Waals surface area (Å²) >= 11 is 1.62. The Bertz CT molecular complexity index is 460. The van der Waals surface area contributed by atoms with Gasteiger partial charge in [0.1, 0.15) is 11.4 Å². The molecule has 1 aromatic carbocycles. The van der Waals surface area contributed by atoms with Crippen LogP contribution in [0.15, 0.2) is 18.2 Å². The molecular formula is C13H16FNO2S. The molecule has 0 radical (unpaired) electrons. The van der Waals surface area contributed by atoms with Gasteiger partial charge in [0.05, 0.1) is 0 Å². The second-order valence-corrected chi connectivity index (χ2v) is 6.13. The minimum absolute atomic E-state index is 0.0430. The third kappa shape index (κ3) is 2.32. The van der Waals surface area contributed by atoms with E-state index in [9.17, 15) is 14.3 Å². The van der Waals surface area contributed by atoms with E-state index >= 15 is 0 Å². The first-order valence-corrected chi connectivity index (χ1v) is 6.89. The van der Waals surface area contributed by atoms with E-state index in [4.69, 9.17) is 0 Å². The highest BCUT2D eigenvalue weighted by atomic mass is 32.2. The van der Waals surface area contributed by atoms with E-state index in [1.165, 1.54) is 12.1 Å². The van der Waals surface area contributed by atoms with Gasteiger partial charge in [-0.3, -0.25) is 0 Å². The van der Waals surface area contributed by atoms with Gasteiger partial charge in [-0.1, -0.05) is 6.92 Å². The minimum Gasteiger partial charge on any atom is -0.479 e. The first-order chi connectivity index (χ1) is 8.44. The predicted octanol–water partition coefficient (Wildman–Crippen LogP) is 2.89. The first kappa shape index (κ1) is 13.2. The van der Waals surface area contributed by atoms with Crippen LogP contribution in [-0.2, 0) is 4.79 Å². The molecule has 2 unspecified atom stereocenters. The van der Waals surface area contributed by atoms with Crippen molar-refractivity contribution in [2.75, 3.05) is 11.1 Å². The van der Waals surface area contributed by atoms with Crippen molar-refractivity contribution in [1.29, 1.82) is 0 Å². The van der Waals surface area contributed by atoms with Gasteiger partial charge in [0.15, 0.2) is 0 Å². The molecule has 98 valence electrons. The van der Waals surface area contributed by atoms with Gasteiger partial charge in [-0.15, -0.1) is 0 Å². The number of anilines is 1. The highest BCUT2D eigenvalue weighted by Gasteiger charge is 2.47. The molecule has 1 heterocycles. The number of aliphatic carboxylic acids is 1. The highest BCUT2D eigenvalue weighted by Crippen LogP contribution is 2.38. The van der Waals surface area contributed by atoms with Gasteiger partial charge in [0.25, 0.3) is 0 Å². The Balaban J connectivity index is 2.32. The lowest BCUT2D eigenvalue weighted by Crippen LogP contribution is -2.50. The van der Waals surface area contributed by atoms with E-state index in [2.05, 4.69) is 5.32 Å². The molecule has 1 aromatic rings. The minimum atomic E-state index is -0.995. The van der Waals surface area contributed by atoms with Gasteiger partial charge in [0.2, 0.25) is 0 Å². The van der Waals surface area contributed by atoms with E-state index in [-0.39, 0.29) is 11.1 Å². The van der Waals surface area contributed by atoms with Crippen LogP contribution in [0.5, 0.6) is 0 Å². The molecular weight excluding hydrogens is 253 g/mol. The number of hydrogen-bond donors (Lipinski definition) is 2. The Hall–Kier alpha value is -1.23. The molecule has 1 aliphatic heterocycles. The van der Waals surface area contributed by atoms with Crippen LogP contribution in [0.4, 0.5) is 10.1 Å². The molecule has 1 aliphatic rings. The number of aryl methyl sites for hydroxylation is 1. The maximum absolute atomic E-state index is 13.3. The zero-order valence-electron chi connectivity index (χ0n) is 10.4. The fourth-order valence-corrected chi connectivity index (χ4v) is 3.66. The molecule has 1 fully saturated rings. The van der Waals surface area contributed by atoms with Crippen LogP contribution in [0.2, 0.25) is 0 Å². The molecule has 3 nitrogen and oxygen atoms in total. The molecule has 1 saturated heterocycles. The lowest BCUT2D eigenvalue weighted by Gasteiger charge is -2.30. The van der Waals surface area contributed by atoms with Crippen molar-refractivity contribution in [3.8, 4) is 0 Å². The summed E-state index contributed by atoms with van der Waals surface area (Å²) < 4.78 is 13.3. The van der Waals surface area contributed by atoms with Crippen molar-refractivity contribution in [3.63, 3.8) is 0 Å². The number of rotatable bonds is 3. The molecule has 2 atom stereocenters. The van der Waals surface area contributed by atoms with Gasteiger partial charge >= 0.3 is 5.97 Å². The second kappa shape index (κ2) is 4.80. The Kier molecular flexibility index (Phi) is 3.52. The molecule has 0 saturated carbocycles. The summed E-state index contributed by atoms with van der Waals surface area (Å²) in [6.07, 6.45) is 0.545. The Morgan fingerprint density at radius 3 is 2.78 bits per heavy atom. The number of nitrogens with one attached hydrogen (secondary N) is 1. The van der Waals surface area contributed by atoms with Gasteiger partial charge < -0.3 is 10.4 Å². The summed E-state index contributed by atoms with van der Waals surface area (Å²) in [5, 5.41) is 12.4. The number of carboxylic acids is 1. The lowest BCUT2D eigenvalue weighted by atomic mass is 9.92. The fraction of sp³-hybridized carbons (Fsp3) is 0.462. The lowest BCUT2D eigenvalue weighted by molar-refractivity contribution is -0.142. The van der Waals surface area contributed by atoms with E-state index < -0.39 is 11.5 Å². The SMILES string of the molecule is Cc1cc(F)cc(NC2(C(=O)O)CCSC2C)c1. The van der Waals surface area contributed by atoms with E-state index in [1.807, 2.05) is 6.92 Å². The number of benzene rings is 1. The maximum atomic E-state index is 13.3. The average molecular weight is 269 g/mol. The number of carboxylic acid groups (broad SMARTS) is 1. The fourth-order valence-electron chi connectivity index (χ4n) is 2.31. The van der Waals surface area contributed by atoms with Crippen LogP contribution >= 0.6 is 11.8 Å². The summed E-state index contributed by atoms with van der Waals surface area (Å²) in [5.41, 5.74) is 0.311. The molecule has 0 spiro atoms. The molecule has 2 N–H and O–H groups in total. The van der Waals surface area contributed by atoms with Crippen LogP contribution in [-0.4, -0.2) is 27.6 Å². The van der Waals surface area contributed by atoms with Crippen LogP contribution in [0.3, 0.4) is 0 Å². The number of carbonyl (C=O) groups is 1. The Morgan fingerprint density at radius 2 is 2.28 bits per heavy atom. The molecule has 2 rings (SSSR count). The predicted molar refractivity (Wildman–Crippen MR) is 71.7 cm³/mol. The van der Waals surface area contributed by atoms with Gasteiger partial charge in [-0.25, -0.2) is 9.18 Å². The van der Waals surface area contributed by atoms with Crippen LogP contribution < -0.4 is 5.32 Å². The highest BCUT2D eigenvalue weighted by molar-refractivity contribution is 8.00. The topological polar surface area (TPSA) is 49.3 Å². The van der Waals surface area contributed by atoms with Crippen molar-refractivity contribution < 1.29 is 14.3 Å². The van der Waals surface area contributed by atoms with Gasteiger partial charge in [-0.2, -0.15) is 11.8 Å². The second-order valence-electron chi connectivity index (χ2n) is 4.68. The van der Waals surface area contributed by atoms with Crippen molar-refractivity contribution in [1.82, 2.24) is 0 Å². The Morgan fingerprint density at radius 1 is 1.56 bits per heavy atom. The van der Waals surface area contributed by atoms with Crippen molar-refractivity contribution >= 4 is 23.4 Å². The van der Waals surface area contributed by atoms with E-state index in [0.29, 0.717) is 12.1 Å². The molecule has 0 amide bonds. The van der Waals surface area contributed by atoms with Gasteiger partial charge in [-0.05, 0) is 42.9 Å². The summed E-state index contributed by atoms with van der Waals surface area (Å²) in [7, 11) is 0. The monoisotopic (exact) mass is 269 g/mol. The number of thioether (sulfide) groups is 1. The summed E-state index contributed by atoms with van der Waals surface area (Å²) in [6.45, 7) is 3.68. The number of halogens is 1. The van der Waals surface area contributed by atoms with Gasteiger partial charge in [0, 0.05) is 10.9 Å². The van der Waals surface area contributed by atoms with Crippen LogP contribution in [0.25, 0.3) is 0 Å². The summed E-state index contributed by atoms with van der Waals surface area (Å²) in [6, 6.07) is 4.53. The summed E-state index contributed by atoms with van der Waals surface area (Å²) in [4.78, 5) is 11.5. The third-order valence-corrected chi connectivity index (χ3v) is 4.69. The normalized spacial score (nSPS) is 27.2. The van der Waals surface area contributed by atoms with Crippen LogP contribution in [0, 0.1) is 12.7 Å². The molecule has 0 aromatic heterocycles. The molecule has 5 heteroatoms. The average Bonchev–Trinajstić information content (AvgIpc) is 2.59. The maximum Gasteiger partial charge on any atom is 0.330 e. The smallest absolute Gasteiger partial charge is 0.330 e. The van der Waals surface area contributed by atoms with E-state index in [0.717, 1.165) is 11.3 Å². The van der Waals surface area contributed by atoms with Crippen molar-refractivity contribution in [2.24, 2.45) is 0 Å². The zero-order valence-corrected chi connectivity index (χ0v) is 11.2. The molecule has 0 bridgehead atoms. The van der Waals surface area contributed by atoms with Crippen molar-refractivity contribution in [2.45, 2.75) is 31.1 Å². The Labute approximate surface area is 110 Å². The van der Waals surface area contributed by atoms with Crippen molar-refractivity contribution in [3.05, 3.63) is 29.6 Å². The van der Waals surface area contributed by atoms with Crippen LogP contribution in [0.1, 0.15) is 18.9 Å². The molecule has 18 heavy (non-hydrogen) atoms. The standard InChI is InChI=1S/C13H16FNO2S/c1-8-5-10(14)7-11(6-8)15-13(12(16)17)3-4-18-9(13)2/h5-7,9,15H,3-4H2,1-2H3,(H,16,17).